The van der Waals surface area contributed by atoms with Gasteiger partial charge in [-0.25, -0.2) is 0 Å². The van der Waals surface area contributed by atoms with E-state index in [0.29, 0.717) is 0 Å². The molecule has 0 aliphatic heterocycles. The van der Waals surface area contributed by atoms with Gasteiger partial charge >= 0.3 is 0 Å². The lowest BCUT2D eigenvalue weighted by atomic mass is 11.2. The molecule has 3 heteroatoms. The van der Waals surface area contributed by atoms with Crippen molar-refractivity contribution in [2.24, 2.45) is 0 Å². The predicted octanol–water partition coefficient (Wildman–Crippen LogP) is -0.720. The second kappa shape index (κ2) is 4.05. The Morgan fingerprint density at radius 2 is 2.29 bits per heavy atom. The molecule has 7 heavy (non-hydrogen) atoms. The molecule has 0 saturated carbocycles. The van der Waals surface area contributed by atoms with E-state index in [-0.39, 0.29) is 9.68 Å². The van der Waals surface area contributed by atoms with Crippen LogP contribution in [0.5, 0.6) is 0 Å². The Balaban J connectivity index is 2.81. The summed E-state index contributed by atoms with van der Waals surface area (Å²) in [5.74, 6) is 0. The Labute approximate surface area is 47.1 Å². The van der Waals surface area contributed by atoms with Gasteiger partial charge in [-0.15, -0.1) is 6.58 Å². The van der Waals surface area contributed by atoms with Crippen LogP contribution in [-0.4, -0.2) is 28.8 Å². The molecular weight excluding hydrogens is 104 g/mol. The minimum absolute atomic E-state index is 0.186. The molecule has 0 aliphatic rings. The molecule has 2 nitrogen and oxygen atoms in total. The fraction of sp³-hybridized carbons (Fsp3) is 0.500. The van der Waals surface area contributed by atoms with E-state index < -0.39 is 0 Å². The predicted molar refractivity (Wildman–Crippen MR) is 35.6 cm³/mol. The number of hydrogen-bond acceptors (Lipinski definition) is 2. The third-order valence-corrected chi connectivity index (χ3v) is 1.66. The minimum Gasteiger partial charge on any atom is -0.279 e. The highest BCUT2D eigenvalue weighted by molar-refractivity contribution is 6.38. The molecule has 42 valence electrons. The maximum Gasteiger partial charge on any atom is 0.133 e. The van der Waals surface area contributed by atoms with Gasteiger partial charge in [-0.1, -0.05) is 5.70 Å². The lowest BCUT2D eigenvalue weighted by Crippen LogP contribution is -2.32. The molecule has 0 atom stereocenters. The number of nitrogens with zero attached hydrogens (tertiary/aromatic N) is 1. The van der Waals surface area contributed by atoms with Gasteiger partial charge in [0.25, 0.3) is 0 Å². The van der Waals surface area contributed by atoms with Gasteiger partial charge in [0.05, 0.1) is 0 Å². The van der Waals surface area contributed by atoms with Crippen molar-refractivity contribution in [2.75, 3.05) is 14.1 Å². The highest BCUT2D eigenvalue weighted by Crippen LogP contribution is 1.58. The highest BCUT2D eigenvalue weighted by atomic mass is 28.2. The van der Waals surface area contributed by atoms with Crippen molar-refractivity contribution in [3.8, 4) is 0 Å². The van der Waals surface area contributed by atoms with Crippen LogP contribution < -0.4 is 5.09 Å². The standard InChI is InChI=1S/C4H12N2Si/c1-4-7-5-6(2)3/h4-5H,1,7H2,2-3H3. The molecule has 0 saturated heterocycles. The van der Waals surface area contributed by atoms with Crippen molar-refractivity contribution < 1.29 is 0 Å². The summed E-state index contributed by atoms with van der Waals surface area (Å²) >= 11 is 0. The van der Waals surface area contributed by atoms with Gasteiger partial charge < -0.3 is 0 Å². The first-order chi connectivity index (χ1) is 3.27. The molecule has 0 amide bonds. The molecule has 0 heterocycles. The summed E-state index contributed by atoms with van der Waals surface area (Å²) < 4.78 is 0. The molecule has 0 unspecified atom stereocenters. The Morgan fingerprint density at radius 1 is 1.71 bits per heavy atom. The zero-order valence-electron chi connectivity index (χ0n) is 4.94. The van der Waals surface area contributed by atoms with Crippen molar-refractivity contribution >= 4 is 9.68 Å². The smallest absolute Gasteiger partial charge is 0.133 e. The van der Waals surface area contributed by atoms with Gasteiger partial charge in [-0.2, -0.15) is 0 Å². The van der Waals surface area contributed by atoms with E-state index in [1.54, 1.807) is 0 Å². The second-order valence-corrected chi connectivity index (χ2v) is 2.85. The van der Waals surface area contributed by atoms with E-state index >= 15 is 0 Å². The molecule has 1 N–H and O–H groups in total. The van der Waals surface area contributed by atoms with Crippen LogP contribution in [0.4, 0.5) is 0 Å². The van der Waals surface area contributed by atoms with Crippen LogP contribution in [0.15, 0.2) is 12.3 Å². The average Bonchev–Trinajstić information content (AvgIpc) is 1.61. The molecule has 0 aromatic rings. The van der Waals surface area contributed by atoms with Gasteiger partial charge in [0.15, 0.2) is 0 Å². The molecule has 0 aromatic heterocycles. The summed E-state index contributed by atoms with van der Waals surface area (Å²) in [6, 6.07) is 0. The van der Waals surface area contributed by atoms with Crippen LogP contribution in [-0.2, 0) is 0 Å². The van der Waals surface area contributed by atoms with Gasteiger partial charge in [-0.3, -0.25) is 10.1 Å². The van der Waals surface area contributed by atoms with Crippen LogP contribution in [0.1, 0.15) is 0 Å². The lowest BCUT2D eigenvalue weighted by molar-refractivity contribution is 0.375. The lowest BCUT2D eigenvalue weighted by Gasteiger charge is -2.07. The number of nitrogens with one attached hydrogen (secondary N) is 1. The number of rotatable bonds is 3. The van der Waals surface area contributed by atoms with E-state index in [9.17, 15) is 0 Å². The Bertz CT molecular complexity index is 53.7. The molecule has 0 rings (SSSR count). The molecule has 0 radical (unpaired) electrons. The maximum absolute atomic E-state index is 3.61. The molecular formula is C4H12N2Si. The monoisotopic (exact) mass is 116 g/mol. The first-order valence-corrected chi connectivity index (χ1v) is 3.81. The zero-order valence-corrected chi connectivity index (χ0v) is 6.35. The minimum atomic E-state index is -0.186. The normalized spacial score (nSPS) is 11.3. The third kappa shape index (κ3) is 5.88. The average molecular weight is 116 g/mol. The summed E-state index contributed by atoms with van der Waals surface area (Å²) in [5.41, 5.74) is 1.96. The Kier molecular flexibility index (Phi) is 3.98. The summed E-state index contributed by atoms with van der Waals surface area (Å²) in [5, 5.41) is 5.10. The first-order valence-electron chi connectivity index (χ1n) is 2.29. The maximum atomic E-state index is 3.61. The summed E-state index contributed by atoms with van der Waals surface area (Å²) in [4.78, 5) is 0. The van der Waals surface area contributed by atoms with Crippen LogP contribution in [0.3, 0.4) is 0 Å². The zero-order chi connectivity index (χ0) is 5.70. The fourth-order valence-corrected chi connectivity index (χ4v) is 0.741. The van der Waals surface area contributed by atoms with E-state index in [2.05, 4.69) is 11.7 Å². The van der Waals surface area contributed by atoms with Crippen molar-refractivity contribution in [1.29, 1.82) is 0 Å². The summed E-state index contributed by atoms with van der Waals surface area (Å²) in [6.07, 6.45) is 0. The van der Waals surface area contributed by atoms with Crippen molar-refractivity contribution in [3.63, 3.8) is 0 Å². The SMILES string of the molecule is C=C[SiH2]NN(C)C. The van der Waals surface area contributed by atoms with Gasteiger partial charge in [0, 0.05) is 14.1 Å². The van der Waals surface area contributed by atoms with Crippen molar-refractivity contribution in [3.05, 3.63) is 12.3 Å². The quantitative estimate of drug-likeness (QED) is 0.387. The van der Waals surface area contributed by atoms with E-state index in [4.69, 9.17) is 0 Å². The van der Waals surface area contributed by atoms with Gasteiger partial charge in [-0.05, 0) is 0 Å². The largest absolute Gasteiger partial charge is 0.279 e. The summed E-state index contributed by atoms with van der Waals surface area (Å²) in [7, 11) is 3.78. The van der Waals surface area contributed by atoms with E-state index in [0.717, 1.165) is 0 Å². The molecule has 0 spiro atoms. The molecule has 0 aliphatic carbocycles. The van der Waals surface area contributed by atoms with Crippen molar-refractivity contribution in [2.45, 2.75) is 0 Å². The highest BCUT2D eigenvalue weighted by Gasteiger charge is 1.79. The van der Waals surface area contributed by atoms with Crippen LogP contribution >= 0.6 is 0 Å². The van der Waals surface area contributed by atoms with Gasteiger partial charge in [0.2, 0.25) is 0 Å². The Morgan fingerprint density at radius 3 is 2.43 bits per heavy atom. The van der Waals surface area contributed by atoms with Crippen LogP contribution in [0.2, 0.25) is 0 Å². The third-order valence-electron chi connectivity index (χ3n) is 0.552. The molecule has 0 bridgehead atoms. The second-order valence-electron chi connectivity index (χ2n) is 1.55. The summed E-state index contributed by atoms with van der Waals surface area (Å²) in [6.45, 7) is 3.61. The van der Waals surface area contributed by atoms with Crippen molar-refractivity contribution in [1.82, 2.24) is 10.1 Å². The molecule has 0 aromatic carbocycles. The number of hydrazine groups is 1. The van der Waals surface area contributed by atoms with E-state index in [1.807, 2.05) is 24.8 Å². The fourth-order valence-electron chi connectivity index (χ4n) is 0.247. The van der Waals surface area contributed by atoms with Crippen LogP contribution in [0, 0.1) is 0 Å². The Hall–Kier alpha value is -0.123. The van der Waals surface area contributed by atoms with E-state index in [1.165, 1.54) is 0 Å². The van der Waals surface area contributed by atoms with Gasteiger partial charge in [0.1, 0.15) is 9.68 Å². The molecule has 0 fully saturated rings. The first kappa shape index (κ1) is 6.88. The topological polar surface area (TPSA) is 15.3 Å². The number of hydrogen-bond donors (Lipinski definition) is 1. The van der Waals surface area contributed by atoms with Crippen LogP contribution in [0.25, 0.3) is 0 Å².